The fraction of sp³-hybridized carbons (Fsp3) is 0.600. The fourth-order valence-electron chi connectivity index (χ4n) is 1.67. The second kappa shape index (κ2) is 3.73. The van der Waals surface area contributed by atoms with Crippen LogP contribution < -0.4 is 5.32 Å². The normalized spacial score (nSPS) is 19.2. The highest BCUT2D eigenvalue weighted by atomic mass is 15.2. The highest BCUT2D eigenvalue weighted by Crippen LogP contribution is 2.30. The van der Waals surface area contributed by atoms with Crippen LogP contribution in [0.3, 0.4) is 0 Å². The second-order valence-electron chi connectivity index (χ2n) is 3.73. The Morgan fingerprint density at radius 3 is 2.92 bits per heavy atom. The number of anilines is 1. The molecular formula is C10H15N3. The zero-order chi connectivity index (χ0) is 9.10. The van der Waals surface area contributed by atoms with Crippen LogP contribution in [0.2, 0.25) is 0 Å². The molecule has 1 saturated carbocycles. The zero-order valence-corrected chi connectivity index (χ0v) is 7.90. The average Bonchev–Trinajstić information content (AvgIpc) is 2.02. The van der Waals surface area contributed by atoms with Crippen LogP contribution in [0.1, 0.15) is 26.2 Å². The van der Waals surface area contributed by atoms with Crippen molar-refractivity contribution in [2.45, 2.75) is 32.2 Å². The van der Waals surface area contributed by atoms with Gasteiger partial charge in [0.15, 0.2) is 0 Å². The average molecular weight is 177 g/mol. The molecular weight excluding hydrogens is 162 g/mol. The minimum atomic E-state index is 0.533. The summed E-state index contributed by atoms with van der Waals surface area (Å²) >= 11 is 0. The summed E-state index contributed by atoms with van der Waals surface area (Å²) in [6, 6.07) is 4.40. The van der Waals surface area contributed by atoms with E-state index in [4.69, 9.17) is 0 Å². The van der Waals surface area contributed by atoms with Crippen LogP contribution in [0.4, 0.5) is 5.82 Å². The monoisotopic (exact) mass is 177 g/mol. The number of aromatic nitrogens is 2. The van der Waals surface area contributed by atoms with Crippen LogP contribution in [0.15, 0.2) is 18.3 Å². The van der Waals surface area contributed by atoms with Crippen LogP contribution in [0.5, 0.6) is 0 Å². The molecule has 1 aromatic rings. The Balaban J connectivity index is 1.90. The third-order valence-corrected chi connectivity index (χ3v) is 2.80. The maximum absolute atomic E-state index is 4.00. The van der Waals surface area contributed by atoms with Gasteiger partial charge >= 0.3 is 0 Å². The Kier molecular flexibility index (Phi) is 2.43. The van der Waals surface area contributed by atoms with E-state index in [-0.39, 0.29) is 0 Å². The molecule has 1 aliphatic rings. The summed E-state index contributed by atoms with van der Waals surface area (Å²) in [5.74, 6) is 1.73. The van der Waals surface area contributed by atoms with Crippen molar-refractivity contribution in [1.82, 2.24) is 10.2 Å². The maximum atomic E-state index is 4.00. The van der Waals surface area contributed by atoms with Crippen molar-refractivity contribution in [1.29, 1.82) is 0 Å². The van der Waals surface area contributed by atoms with Crippen LogP contribution in [0, 0.1) is 5.92 Å². The highest BCUT2D eigenvalue weighted by molar-refractivity contribution is 5.32. The van der Waals surface area contributed by atoms with Gasteiger partial charge in [0.1, 0.15) is 5.82 Å². The van der Waals surface area contributed by atoms with E-state index < -0.39 is 0 Å². The van der Waals surface area contributed by atoms with Gasteiger partial charge < -0.3 is 5.32 Å². The van der Waals surface area contributed by atoms with Crippen LogP contribution >= 0.6 is 0 Å². The SMILES string of the molecule is C[C@@H](Nc1cccnn1)C1CCC1. The van der Waals surface area contributed by atoms with Crippen LogP contribution in [-0.2, 0) is 0 Å². The van der Waals surface area contributed by atoms with Crippen LogP contribution in [-0.4, -0.2) is 16.2 Å². The smallest absolute Gasteiger partial charge is 0.148 e. The first-order valence-electron chi connectivity index (χ1n) is 4.90. The summed E-state index contributed by atoms with van der Waals surface area (Å²) in [6.07, 6.45) is 5.79. The number of nitrogens with one attached hydrogen (secondary N) is 1. The van der Waals surface area contributed by atoms with Gasteiger partial charge in [-0.1, -0.05) is 6.42 Å². The van der Waals surface area contributed by atoms with E-state index in [0.29, 0.717) is 6.04 Å². The first kappa shape index (κ1) is 8.48. The van der Waals surface area contributed by atoms with Gasteiger partial charge in [0.05, 0.1) is 0 Å². The van der Waals surface area contributed by atoms with E-state index in [1.807, 2.05) is 12.1 Å². The molecule has 0 saturated heterocycles. The van der Waals surface area contributed by atoms with Gasteiger partial charge in [-0.3, -0.25) is 0 Å². The molecule has 1 atom stereocenters. The molecule has 1 heterocycles. The van der Waals surface area contributed by atoms with Crippen molar-refractivity contribution in [2.75, 3.05) is 5.32 Å². The number of hydrogen-bond donors (Lipinski definition) is 1. The number of nitrogens with zero attached hydrogens (tertiary/aromatic N) is 2. The molecule has 3 heteroatoms. The van der Waals surface area contributed by atoms with Crippen molar-refractivity contribution in [3.63, 3.8) is 0 Å². The Morgan fingerprint density at radius 1 is 1.54 bits per heavy atom. The largest absolute Gasteiger partial charge is 0.366 e. The summed E-state index contributed by atoms with van der Waals surface area (Å²) < 4.78 is 0. The molecule has 13 heavy (non-hydrogen) atoms. The summed E-state index contributed by atoms with van der Waals surface area (Å²) in [5, 5.41) is 11.2. The van der Waals surface area contributed by atoms with Crippen LogP contribution in [0.25, 0.3) is 0 Å². The molecule has 0 aliphatic heterocycles. The van der Waals surface area contributed by atoms with E-state index in [0.717, 1.165) is 11.7 Å². The fourth-order valence-corrected chi connectivity index (χ4v) is 1.67. The molecule has 0 unspecified atom stereocenters. The summed E-state index contributed by atoms with van der Waals surface area (Å²) in [7, 11) is 0. The van der Waals surface area contributed by atoms with Gasteiger partial charge in [0, 0.05) is 12.2 Å². The van der Waals surface area contributed by atoms with E-state index in [1.54, 1.807) is 6.20 Å². The first-order chi connectivity index (χ1) is 6.36. The number of rotatable bonds is 3. The molecule has 0 amide bonds. The predicted molar refractivity (Wildman–Crippen MR) is 52.5 cm³/mol. The maximum Gasteiger partial charge on any atom is 0.148 e. The Morgan fingerprint density at radius 2 is 2.38 bits per heavy atom. The van der Waals surface area contributed by atoms with Crippen molar-refractivity contribution in [3.05, 3.63) is 18.3 Å². The molecule has 0 radical (unpaired) electrons. The number of hydrogen-bond acceptors (Lipinski definition) is 3. The van der Waals surface area contributed by atoms with Crippen molar-refractivity contribution >= 4 is 5.82 Å². The highest BCUT2D eigenvalue weighted by Gasteiger charge is 2.23. The van der Waals surface area contributed by atoms with Crippen molar-refractivity contribution < 1.29 is 0 Å². The minimum Gasteiger partial charge on any atom is -0.366 e. The summed E-state index contributed by atoms with van der Waals surface area (Å²) in [6.45, 7) is 2.22. The Bertz CT molecular complexity index is 256. The summed E-state index contributed by atoms with van der Waals surface area (Å²) in [4.78, 5) is 0. The van der Waals surface area contributed by atoms with E-state index in [2.05, 4.69) is 22.4 Å². The predicted octanol–water partition coefficient (Wildman–Crippen LogP) is 2.08. The lowest BCUT2D eigenvalue weighted by atomic mass is 9.80. The molecule has 2 rings (SSSR count). The Labute approximate surface area is 78.6 Å². The van der Waals surface area contributed by atoms with Gasteiger partial charge in [-0.05, 0) is 37.8 Å². The zero-order valence-electron chi connectivity index (χ0n) is 7.90. The summed E-state index contributed by atoms with van der Waals surface area (Å²) in [5.41, 5.74) is 0. The third kappa shape index (κ3) is 1.97. The molecule has 1 N–H and O–H groups in total. The topological polar surface area (TPSA) is 37.8 Å². The molecule has 1 aliphatic carbocycles. The Hall–Kier alpha value is -1.12. The van der Waals surface area contributed by atoms with E-state index in [9.17, 15) is 0 Å². The second-order valence-corrected chi connectivity index (χ2v) is 3.73. The lowest BCUT2D eigenvalue weighted by Gasteiger charge is -2.31. The molecule has 0 aromatic carbocycles. The van der Waals surface area contributed by atoms with Gasteiger partial charge in [0.2, 0.25) is 0 Å². The molecule has 0 spiro atoms. The molecule has 1 aromatic heterocycles. The standard InChI is InChI=1S/C10H15N3/c1-8(9-4-2-5-9)12-10-6-3-7-11-13-10/h3,6-9H,2,4-5H2,1H3,(H,12,13)/t8-/m1/s1. The molecule has 70 valence electrons. The lowest BCUT2D eigenvalue weighted by Crippen LogP contribution is -2.31. The van der Waals surface area contributed by atoms with E-state index in [1.165, 1.54) is 19.3 Å². The van der Waals surface area contributed by atoms with Gasteiger partial charge in [-0.25, -0.2) is 0 Å². The molecule has 0 bridgehead atoms. The van der Waals surface area contributed by atoms with Gasteiger partial charge in [-0.2, -0.15) is 5.10 Å². The van der Waals surface area contributed by atoms with Gasteiger partial charge in [-0.15, -0.1) is 5.10 Å². The van der Waals surface area contributed by atoms with Gasteiger partial charge in [0.25, 0.3) is 0 Å². The molecule has 1 fully saturated rings. The van der Waals surface area contributed by atoms with E-state index >= 15 is 0 Å². The molecule has 3 nitrogen and oxygen atoms in total. The van der Waals surface area contributed by atoms with Crippen molar-refractivity contribution in [3.8, 4) is 0 Å². The first-order valence-corrected chi connectivity index (χ1v) is 4.90. The lowest BCUT2D eigenvalue weighted by molar-refractivity contribution is 0.285. The third-order valence-electron chi connectivity index (χ3n) is 2.80. The minimum absolute atomic E-state index is 0.533. The van der Waals surface area contributed by atoms with Crippen molar-refractivity contribution in [2.24, 2.45) is 5.92 Å². The quantitative estimate of drug-likeness (QED) is 0.768.